The third-order valence-electron chi connectivity index (χ3n) is 3.30. The number of nitrogens with zero attached hydrogens (tertiary/aromatic N) is 1. The summed E-state index contributed by atoms with van der Waals surface area (Å²) >= 11 is 0. The van der Waals surface area contributed by atoms with Crippen molar-refractivity contribution >= 4 is 10.0 Å². The number of sulfonamides is 1. The minimum atomic E-state index is -3.64. The summed E-state index contributed by atoms with van der Waals surface area (Å²) in [5.41, 5.74) is 2.62. The second-order valence-corrected chi connectivity index (χ2v) is 6.61. The number of hydrogen-bond acceptors (Lipinski definition) is 4. The number of aromatic nitrogens is 2. The zero-order valence-electron chi connectivity index (χ0n) is 12.3. The van der Waals surface area contributed by atoms with Gasteiger partial charge in [-0.25, -0.2) is 13.1 Å². The topological polar surface area (TPSA) is 86.9 Å². The number of benzene rings is 1. The molecule has 3 N–H and O–H groups in total. The highest BCUT2D eigenvalue weighted by molar-refractivity contribution is 7.89. The first kappa shape index (κ1) is 15.7. The highest BCUT2D eigenvalue weighted by Crippen LogP contribution is 2.20. The average molecular weight is 308 g/mol. The molecule has 0 aliphatic rings. The van der Waals surface area contributed by atoms with Gasteiger partial charge in [0.2, 0.25) is 0 Å². The van der Waals surface area contributed by atoms with Crippen LogP contribution < -0.4 is 10.0 Å². The van der Waals surface area contributed by atoms with E-state index in [0.29, 0.717) is 12.1 Å². The number of aryl methyl sites for hydroxylation is 1. The number of hydrogen-bond donors (Lipinski definition) is 3. The van der Waals surface area contributed by atoms with E-state index < -0.39 is 10.0 Å². The molecule has 2 aromatic rings. The maximum absolute atomic E-state index is 12.5. The second-order valence-electron chi connectivity index (χ2n) is 4.95. The third kappa shape index (κ3) is 3.49. The van der Waals surface area contributed by atoms with Crippen LogP contribution in [0.4, 0.5) is 0 Å². The summed E-state index contributed by atoms with van der Waals surface area (Å²) in [6.07, 6.45) is 1.52. The largest absolute Gasteiger partial charge is 0.316 e. The van der Waals surface area contributed by atoms with Gasteiger partial charge in [0, 0.05) is 18.2 Å². The van der Waals surface area contributed by atoms with Crippen LogP contribution in [0.15, 0.2) is 35.5 Å². The predicted octanol–water partition coefficient (Wildman–Crippen LogP) is 1.48. The Morgan fingerprint density at radius 3 is 2.71 bits per heavy atom. The maximum Gasteiger partial charge on any atom is 0.258 e. The molecule has 0 aliphatic heterocycles. The minimum Gasteiger partial charge on any atom is -0.316 e. The molecule has 0 fully saturated rings. The molecule has 21 heavy (non-hydrogen) atoms. The van der Waals surface area contributed by atoms with Crippen molar-refractivity contribution in [2.75, 3.05) is 7.05 Å². The molecule has 1 atom stereocenters. The Kier molecular flexibility index (Phi) is 4.76. The van der Waals surface area contributed by atoms with Gasteiger partial charge in [-0.1, -0.05) is 24.3 Å². The van der Waals surface area contributed by atoms with Crippen LogP contribution in [0.2, 0.25) is 0 Å². The van der Waals surface area contributed by atoms with Crippen LogP contribution in [0.3, 0.4) is 0 Å². The fraction of sp³-hybridized carbons (Fsp3) is 0.357. The summed E-state index contributed by atoms with van der Waals surface area (Å²) in [6, 6.07) is 7.39. The summed E-state index contributed by atoms with van der Waals surface area (Å²) in [7, 11) is -1.89. The molecule has 6 nitrogen and oxygen atoms in total. The van der Waals surface area contributed by atoms with Gasteiger partial charge in [-0.3, -0.25) is 5.10 Å². The summed E-state index contributed by atoms with van der Waals surface area (Å²) in [5, 5.41) is 9.42. The molecule has 0 bridgehead atoms. The lowest BCUT2D eigenvalue weighted by atomic mass is 10.0. The van der Waals surface area contributed by atoms with Crippen LogP contribution in [0.1, 0.15) is 29.7 Å². The number of nitrogens with one attached hydrogen (secondary N) is 3. The van der Waals surface area contributed by atoms with Crippen molar-refractivity contribution in [3.8, 4) is 0 Å². The summed E-state index contributed by atoms with van der Waals surface area (Å²) in [4.78, 5) is 0. The van der Waals surface area contributed by atoms with E-state index in [1.807, 2.05) is 38.1 Å². The van der Waals surface area contributed by atoms with Crippen molar-refractivity contribution in [1.82, 2.24) is 20.2 Å². The number of H-pyrrole nitrogens is 1. The van der Waals surface area contributed by atoms with E-state index in [4.69, 9.17) is 0 Å². The first-order valence-electron chi connectivity index (χ1n) is 6.70. The lowest BCUT2D eigenvalue weighted by molar-refractivity contribution is 0.560. The van der Waals surface area contributed by atoms with Crippen molar-refractivity contribution in [2.45, 2.75) is 31.5 Å². The fourth-order valence-electron chi connectivity index (χ4n) is 2.28. The smallest absolute Gasteiger partial charge is 0.258 e. The average Bonchev–Trinajstić information content (AvgIpc) is 2.88. The zero-order valence-corrected chi connectivity index (χ0v) is 13.2. The van der Waals surface area contributed by atoms with Crippen LogP contribution in [0.25, 0.3) is 0 Å². The number of rotatable bonds is 6. The fourth-order valence-corrected chi connectivity index (χ4v) is 3.63. The van der Waals surface area contributed by atoms with E-state index in [1.54, 1.807) is 7.05 Å². The highest BCUT2D eigenvalue weighted by atomic mass is 32.2. The van der Waals surface area contributed by atoms with Crippen LogP contribution in [0.5, 0.6) is 0 Å². The molecule has 0 saturated heterocycles. The van der Waals surface area contributed by atoms with E-state index in [2.05, 4.69) is 20.2 Å². The maximum atomic E-state index is 12.5. The molecule has 0 aliphatic carbocycles. The van der Waals surface area contributed by atoms with Crippen molar-refractivity contribution in [1.29, 1.82) is 0 Å². The Morgan fingerprint density at radius 1 is 1.33 bits per heavy atom. The van der Waals surface area contributed by atoms with E-state index in [9.17, 15) is 8.42 Å². The summed E-state index contributed by atoms with van der Waals surface area (Å²) in [5.74, 6) is 0. The van der Waals surface area contributed by atoms with Gasteiger partial charge < -0.3 is 5.32 Å². The van der Waals surface area contributed by atoms with Gasteiger partial charge in [0.25, 0.3) is 10.0 Å². The van der Waals surface area contributed by atoms with Gasteiger partial charge in [0.1, 0.15) is 0 Å². The van der Waals surface area contributed by atoms with Gasteiger partial charge in [-0.15, -0.1) is 0 Å². The second kappa shape index (κ2) is 6.38. The molecule has 1 unspecified atom stereocenters. The van der Waals surface area contributed by atoms with E-state index >= 15 is 0 Å². The van der Waals surface area contributed by atoms with E-state index in [-0.39, 0.29) is 11.1 Å². The molecular formula is C14H20N4O2S. The summed E-state index contributed by atoms with van der Waals surface area (Å²) in [6.45, 7) is 4.22. The molecule has 0 amide bonds. The van der Waals surface area contributed by atoms with E-state index in [0.717, 1.165) is 11.1 Å². The van der Waals surface area contributed by atoms with Crippen LogP contribution in [0, 0.1) is 6.92 Å². The normalized spacial score (nSPS) is 13.3. The summed E-state index contributed by atoms with van der Waals surface area (Å²) < 4.78 is 27.6. The molecule has 0 radical (unpaired) electrons. The minimum absolute atomic E-state index is 0.109. The highest BCUT2D eigenvalue weighted by Gasteiger charge is 2.23. The van der Waals surface area contributed by atoms with Gasteiger partial charge in [0.05, 0.1) is 6.20 Å². The van der Waals surface area contributed by atoms with Crippen molar-refractivity contribution in [3.05, 3.63) is 47.2 Å². The lowest BCUT2D eigenvalue weighted by Gasteiger charge is -2.16. The SMILES string of the molecule is CNCc1cn[nH]c1S(=O)(=O)NC(C)c1ccccc1C. The standard InChI is InChI=1S/C14H20N4O2S/c1-10-6-4-5-7-13(10)11(2)18-21(19,20)14-12(8-15-3)9-16-17-14/h4-7,9,11,15,18H,8H2,1-3H3,(H,16,17). The molecule has 0 saturated carbocycles. The molecule has 2 rings (SSSR count). The van der Waals surface area contributed by atoms with Crippen molar-refractivity contribution in [3.63, 3.8) is 0 Å². The quantitative estimate of drug-likeness (QED) is 0.754. The first-order chi connectivity index (χ1) is 9.95. The molecular weight excluding hydrogens is 288 g/mol. The molecule has 114 valence electrons. The van der Waals surface area contributed by atoms with Crippen LogP contribution in [-0.2, 0) is 16.6 Å². The van der Waals surface area contributed by atoms with Crippen LogP contribution in [-0.4, -0.2) is 25.7 Å². The molecule has 1 aromatic heterocycles. The third-order valence-corrected chi connectivity index (χ3v) is 4.86. The Hall–Kier alpha value is -1.70. The van der Waals surface area contributed by atoms with Gasteiger partial charge in [-0.2, -0.15) is 5.10 Å². The molecule has 7 heteroatoms. The van der Waals surface area contributed by atoms with Crippen LogP contribution >= 0.6 is 0 Å². The van der Waals surface area contributed by atoms with E-state index in [1.165, 1.54) is 6.20 Å². The van der Waals surface area contributed by atoms with Crippen molar-refractivity contribution < 1.29 is 8.42 Å². The first-order valence-corrected chi connectivity index (χ1v) is 8.18. The predicted molar refractivity (Wildman–Crippen MR) is 81.3 cm³/mol. The molecule has 0 spiro atoms. The lowest BCUT2D eigenvalue weighted by Crippen LogP contribution is -2.28. The van der Waals surface area contributed by atoms with Gasteiger partial charge in [0.15, 0.2) is 5.03 Å². The number of aromatic amines is 1. The molecule has 1 aromatic carbocycles. The van der Waals surface area contributed by atoms with Crippen molar-refractivity contribution in [2.24, 2.45) is 0 Å². The molecule has 1 heterocycles. The zero-order chi connectivity index (χ0) is 15.5. The monoisotopic (exact) mass is 308 g/mol. The van der Waals surface area contributed by atoms with Gasteiger partial charge >= 0.3 is 0 Å². The Bertz CT molecular complexity index is 709. The Labute approximate surface area is 125 Å². The van der Waals surface area contributed by atoms with Gasteiger partial charge in [-0.05, 0) is 32.0 Å². The Morgan fingerprint density at radius 2 is 2.05 bits per heavy atom. The Balaban J connectivity index is 2.25.